The molecule has 0 aliphatic heterocycles. The first-order valence-electron chi connectivity index (χ1n) is 3.59. The van der Waals surface area contributed by atoms with Crippen LogP contribution in [0.4, 0.5) is 0 Å². The van der Waals surface area contributed by atoms with Crippen LogP contribution in [-0.4, -0.2) is 38.9 Å². The van der Waals surface area contributed by atoms with E-state index < -0.39 is 4.97 Å². The van der Waals surface area contributed by atoms with Gasteiger partial charge in [0.05, 0.1) is 0 Å². The van der Waals surface area contributed by atoms with Crippen LogP contribution in [0.3, 0.4) is 0 Å². The summed E-state index contributed by atoms with van der Waals surface area (Å²) in [5, 5.41) is 2.47. The number of hydrogen-bond donors (Lipinski definition) is 1. The van der Waals surface area contributed by atoms with Crippen LogP contribution in [0.15, 0.2) is 12.7 Å². The molecule has 0 aromatic heterocycles. The second-order valence-corrected chi connectivity index (χ2v) is 2.06. The van der Waals surface area contributed by atoms with Gasteiger partial charge in [-0.3, -0.25) is 10.1 Å². The first kappa shape index (κ1) is 12.0. The Kier molecular flexibility index (Phi) is 5.24. The van der Waals surface area contributed by atoms with Crippen molar-refractivity contribution < 1.29 is 24.3 Å². The molecule has 0 atom stereocenters. The summed E-state index contributed by atoms with van der Waals surface area (Å²) in [6.07, 6.45) is 1.15. The lowest BCUT2D eigenvalue weighted by molar-refractivity contribution is -1.36. The van der Waals surface area contributed by atoms with E-state index in [0.29, 0.717) is 0 Å². The lowest BCUT2D eigenvalue weighted by atomic mass is 10.6. The zero-order chi connectivity index (χ0) is 10.3. The maximum atomic E-state index is 10.8. The van der Waals surface area contributed by atoms with Crippen molar-refractivity contribution in [3.05, 3.63) is 12.7 Å². The molecule has 0 saturated heterocycles. The van der Waals surface area contributed by atoms with Crippen LogP contribution < -0.4 is 5.32 Å². The average Bonchev–Trinajstić information content (AvgIpc) is 2.20. The second-order valence-electron chi connectivity index (χ2n) is 2.06. The number of hydroxylamine groups is 3. The lowest BCUT2D eigenvalue weighted by Gasteiger charge is -2.24. The highest BCUT2D eigenvalue weighted by Crippen LogP contribution is 2.04. The number of carbonyl (C=O) groups is 1. The van der Waals surface area contributed by atoms with Gasteiger partial charge in [-0.25, -0.2) is 0 Å². The van der Waals surface area contributed by atoms with Crippen LogP contribution in [0.5, 0.6) is 0 Å². The molecule has 0 aliphatic rings. The molecule has 0 spiro atoms. The van der Waals surface area contributed by atoms with Crippen molar-refractivity contribution in [1.29, 1.82) is 0 Å². The summed E-state index contributed by atoms with van der Waals surface area (Å²) in [5.41, 5.74) is 0. The number of carbonyl (C=O) groups excluding carboxylic acids is 1. The van der Waals surface area contributed by atoms with Gasteiger partial charge < -0.3 is 0 Å². The summed E-state index contributed by atoms with van der Waals surface area (Å²) in [4.78, 5) is 24.9. The maximum Gasteiger partial charge on any atom is 0.252 e. The van der Waals surface area contributed by atoms with E-state index in [4.69, 9.17) is 14.5 Å². The van der Waals surface area contributed by atoms with Crippen molar-refractivity contribution in [1.82, 2.24) is 5.32 Å². The van der Waals surface area contributed by atoms with Crippen molar-refractivity contribution >= 4 is 5.91 Å². The lowest BCUT2D eigenvalue weighted by Crippen LogP contribution is -2.51. The molecule has 6 heteroatoms. The molecule has 0 fully saturated rings. The smallest absolute Gasteiger partial charge is 0.252 e. The highest BCUT2D eigenvalue weighted by atomic mass is 17.2. The Morgan fingerprint density at radius 1 is 1.38 bits per heavy atom. The number of nitrogens with one attached hydrogen (secondary N) is 1. The Balaban J connectivity index is 4.09. The van der Waals surface area contributed by atoms with Gasteiger partial charge in [0.25, 0.3) is 6.67 Å². The van der Waals surface area contributed by atoms with Gasteiger partial charge in [0.1, 0.15) is 26.3 Å². The first-order chi connectivity index (χ1) is 6.14. The van der Waals surface area contributed by atoms with Gasteiger partial charge >= 0.3 is 0 Å². The average molecular weight is 191 g/mol. The monoisotopic (exact) mass is 191 g/mol. The number of rotatable bonds is 6. The van der Waals surface area contributed by atoms with Crippen molar-refractivity contribution in [3.63, 3.8) is 0 Å². The fourth-order valence-corrected chi connectivity index (χ4v) is 0.664. The van der Waals surface area contributed by atoms with Crippen LogP contribution in [0.1, 0.15) is 0 Å². The Bertz CT molecular complexity index is 171. The molecule has 1 N–H and O–H groups in total. The Hall–Kier alpha value is -0.950. The Labute approximate surface area is 77.1 Å². The third-order valence-electron chi connectivity index (χ3n) is 1.47. The molecule has 1 amide bonds. The second kappa shape index (κ2) is 5.65. The summed E-state index contributed by atoms with van der Waals surface area (Å²) in [7, 11) is 4.19. The largest absolute Gasteiger partial charge is 0.298 e. The molecular weight excluding hydrogens is 176 g/mol. The van der Waals surface area contributed by atoms with E-state index in [1.54, 1.807) is 0 Å². The molecule has 76 valence electrons. The number of amides is 1. The summed E-state index contributed by atoms with van der Waals surface area (Å²) < 4.78 is 0. The van der Waals surface area contributed by atoms with E-state index in [1.807, 2.05) is 0 Å². The minimum Gasteiger partial charge on any atom is -0.298 e. The molecule has 0 radical (unpaired) electrons. The molecular formula is C7H15N2O4+. The first-order valence-corrected chi connectivity index (χ1v) is 3.59. The summed E-state index contributed by atoms with van der Waals surface area (Å²) in [5.74, 6) is -0.325. The summed E-state index contributed by atoms with van der Waals surface area (Å²) in [6, 6.07) is 0. The summed E-state index contributed by atoms with van der Waals surface area (Å²) >= 11 is 0. The minimum absolute atomic E-state index is 0.0361. The van der Waals surface area contributed by atoms with E-state index >= 15 is 0 Å². The van der Waals surface area contributed by atoms with Crippen molar-refractivity contribution in [2.75, 3.05) is 28.0 Å². The van der Waals surface area contributed by atoms with Gasteiger partial charge in [0, 0.05) is 0 Å². The van der Waals surface area contributed by atoms with Gasteiger partial charge in [-0.1, -0.05) is 6.58 Å². The SMILES string of the molecule is C=CC(=O)NC[N+](OC)(OC)OC. The van der Waals surface area contributed by atoms with Crippen LogP contribution in [0.2, 0.25) is 0 Å². The quantitative estimate of drug-likeness (QED) is 0.272. The van der Waals surface area contributed by atoms with Gasteiger partial charge in [-0.2, -0.15) is 0 Å². The fraction of sp³-hybridized carbons (Fsp3) is 0.571. The van der Waals surface area contributed by atoms with Crippen LogP contribution in [0, 0.1) is 0 Å². The highest BCUT2D eigenvalue weighted by Gasteiger charge is 2.30. The predicted molar refractivity (Wildman–Crippen MR) is 44.5 cm³/mol. The van der Waals surface area contributed by atoms with Gasteiger partial charge in [0.15, 0.2) is 0 Å². The van der Waals surface area contributed by atoms with Gasteiger partial charge in [-0.15, -0.1) is 14.5 Å². The molecule has 6 nitrogen and oxygen atoms in total. The molecule has 0 rings (SSSR count). The molecule has 0 aromatic carbocycles. The predicted octanol–water partition coefficient (Wildman–Crippen LogP) is -0.253. The standard InChI is InChI=1S/C7H14N2O4/c1-5-7(10)8-6-9(11-2,12-3)13-4/h5H,1,6H2,2-4H3/p+1. The number of quaternary nitrogens is 1. The van der Waals surface area contributed by atoms with E-state index in [9.17, 15) is 4.79 Å². The van der Waals surface area contributed by atoms with Gasteiger partial charge in [-0.05, 0) is 6.08 Å². The zero-order valence-electron chi connectivity index (χ0n) is 8.07. The molecule has 0 unspecified atom stereocenters. The van der Waals surface area contributed by atoms with Crippen LogP contribution >= 0.6 is 0 Å². The van der Waals surface area contributed by atoms with Crippen molar-refractivity contribution in [2.24, 2.45) is 0 Å². The van der Waals surface area contributed by atoms with Crippen LogP contribution in [-0.2, 0) is 19.3 Å². The Morgan fingerprint density at radius 3 is 2.15 bits per heavy atom. The topological polar surface area (TPSA) is 56.8 Å². The van der Waals surface area contributed by atoms with Gasteiger partial charge in [0.2, 0.25) is 5.91 Å². The third-order valence-corrected chi connectivity index (χ3v) is 1.47. The fourth-order valence-electron chi connectivity index (χ4n) is 0.664. The van der Waals surface area contributed by atoms with Crippen molar-refractivity contribution in [2.45, 2.75) is 0 Å². The summed E-state index contributed by atoms with van der Waals surface area (Å²) in [6.45, 7) is 3.33. The van der Waals surface area contributed by atoms with E-state index in [2.05, 4.69) is 11.9 Å². The van der Waals surface area contributed by atoms with E-state index in [1.165, 1.54) is 21.3 Å². The highest BCUT2D eigenvalue weighted by molar-refractivity contribution is 5.86. The molecule has 0 aliphatic carbocycles. The molecule has 0 saturated carbocycles. The molecule has 0 aromatic rings. The number of nitrogens with zero attached hydrogens (tertiary/aromatic N) is 1. The maximum absolute atomic E-state index is 10.8. The van der Waals surface area contributed by atoms with Crippen LogP contribution in [0.25, 0.3) is 0 Å². The Morgan fingerprint density at radius 2 is 1.85 bits per heavy atom. The zero-order valence-corrected chi connectivity index (χ0v) is 8.07. The van der Waals surface area contributed by atoms with E-state index in [0.717, 1.165) is 6.08 Å². The molecule has 0 heterocycles. The van der Waals surface area contributed by atoms with E-state index in [-0.39, 0.29) is 12.6 Å². The molecule has 0 bridgehead atoms. The van der Waals surface area contributed by atoms with Crippen molar-refractivity contribution in [3.8, 4) is 0 Å². The third kappa shape index (κ3) is 3.51. The molecule has 13 heavy (non-hydrogen) atoms. The minimum atomic E-state index is -0.570. The number of hydrogen-bond acceptors (Lipinski definition) is 4. The normalized spacial score (nSPS) is 11.0.